The van der Waals surface area contributed by atoms with Crippen molar-refractivity contribution < 1.29 is 13.3 Å². The van der Waals surface area contributed by atoms with E-state index < -0.39 is 9.53 Å². The van der Waals surface area contributed by atoms with Crippen LogP contribution in [0.5, 0.6) is 0 Å². The van der Waals surface area contributed by atoms with Crippen molar-refractivity contribution in [1.29, 1.82) is 0 Å². The first kappa shape index (κ1) is 29.1. The summed E-state index contributed by atoms with van der Waals surface area (Å²) < 4.78 is 17.1. The van der Waals surface area contributed by atoms with E-state index in [0.29, 0.717) is 0 Å². The first-order chi connectivity index (χ1) is 14.3. The Morgan fingerprint density at radius 2 is 0.690 bits per heavy atom. The highest BCUT2D eigenvalue weighted by atomic mass is 28.3. The van der Waals surface area contributed by atoms with Crippen molar-refractivity contribution in [2.45, 2.75) is 142 Å². The molecule has 0 aromatic rings. The van der Waals surface area contributed by atoms with Gasteiger partial charge in [-0.05, 0) is 12.8 Å². The Morgan fingerprint density at radius 1 is 0.414 bits per heavy atom. The molecule has 0 saturated heterocycles. The van der Waals surface area contributed by atoms with E-state index in [0.717, 1.165) is 26.1 Å². The van der Waals surface area contributed by atoms with E-state index in [1.165, 1.54) is 116 Å². The summed E-state index contributed by atoms with van der Waals surface area (Å²) in [6.07, 6.45) is 27.1. The zero-order chi connectivity index (χ0) is 21.3. The lowest BCUT2D eigenvalue weighted by Crippen LogP contribution is -2.26. The molecule has 0 rings (SSSR count). The summed E-state index contributed by atoms with van der Waals surface area (Å²) in [6, 6.07) is 0. The molecule has 0 heterocycles. The Balaban J connectivity index is 3.27. The molecule has 29 heavy (non-hydrogen) atoms. The number of hydrogen-bond acceptors (Lipinski definition) is 3. The minimum Gasteiger partial charge on any atom is -0.379 e. The third-order valence-electron chi connectivity index (χ3n) is 5.70. The number of unbranched alkanes of at least 4 members (excludes halogenated alkanes) is 18. The average molecular weight is 431 g/mol. The van der Waals surface area contributed by atoms with E-state index in [4.69, 9.17) is 13.3 Å². The van der Waals surface area contributed by atoms with Crippen LogP contribution < -0.4 is 0 Å². The molecule has 176 valence electrons. The van der Waals surface area contributed by atoms with Crippen molar-refractivity contribution in [1.82, 2.24) is 0 Å². The normalized spacial score (nSPS) is 11.6. The van der Waals surface area contributed by atoms with E-state index in [1.54, 1.807) is 7.11 Å². The Kier molecular flexibility index (Phi) is 26.2. The van der Waals surface area contributed by atoms with E-state index in [1.807, 2.05) is 0 Å². The molecule has 0 atom stereocenters. The van der Waals surface area contributed by atoms with Crippen LogP contribution in [0, 0.1) is 0 Å². The molecule has 0 unspecified atom stereocenters. The molecule has 0 aromatic carbocycles. The monoisotopic (exact) mass is 430 g/mol. The van der Waals surface area contributed by atoms with Crippen molar-refractivity contribution in [2.75, 3.05) is 20.3 Å². The van der Waals surface area contributed by atoms with Crippen LogP contribution in [0.15, 0.2) is 0 Å². The van der Waals surface area contributed by atoms with Gasteiger partial charge >= 0.3 is 9.53 Å². The Morgan fingerprint density at radius 3 is 0.966 bits per heavy atom. The maximum Gasteiger partial charge on any atom is 0.483 e. The summed E-state index contributed by atoms with van der Waals surface area (Å²) in [5.74, 6) is 0. The number of rotatable bonds is 25. The molecule has 0 aliphatic carbocycles. The third kappa shape index (κ3) is 24.2. The zero-order valence-electron chi connectivity index (χ0n) is 20.4. The lowest BCUT2D eigenvalue weighted by Gasteiger charge is -2.14. The van der Waals surface area contributed by atoms with Gasteiger partial charge in [0.2, 0.25) is 0 Å². The topological polar surface area (TPSA) is 27.7 Å². The molecule has 0 radical (unpaired) electrons. The van der Waals surface area contributed by atoms with Gasteiger partial charge in [-0.2, -0.15) is 0 Å². The summed E-state index contributed by atoms with van der Waals surface area (Å²) in [6.45, 7) is 6.17. The standard InChI is InChI=1S/C25H54O3Si/c1-4-6-8-10-12-14-16-18-20-22-24-27-29(26-3)28-25-23-21-19-17-15-13-11-9-7-5-2/h29H,4-25H2,1-3H3. The SMILES string of the molecule is CCCCCCCCCCCCO[SiH](OC)OCCCCCCCCCCCC. The maximum absolute atomic E-state index is 5.85. The first-order valence-electron chi connectivity index (χ1n) is 13.1. The van der Waals surface area contributed by atoms with Crippen LogP contribution in [0.1, 0.15) is 142 Å². The lowest BCUT2D eigenvalue weighted by molar-refractivity contribution is 0.109. The van der Waals surface area contributed by atoms with Crippen LogP contribution in [0.25, 0.3) is 0 Å². The lowest BCUT2D eigenvalue weighted by atomic mass is 10.1. The van der Waals surface area contributed by atoms with Gasteiger partial charge in [0, 0.05) is 20.3 Å². The highest BCUT2D eigenvalue weighted by Gasteiger charge is 2.12. The molecule has 0 N–H and O–H groups in total. The minimum absolute atomic E-state index is 0.805. The molecular weight excluding hydrogens is 376 g/mol. The largest absolute Gasteiger partial charge is 0.483 e. The first-order valence-corrected chi connectivity index (χ1v) is 14.5. The average Bonchev–Trinajstić information content (AvgIpc) is 2.74. The van der Waals surface area contributed by atoms with Crippen molar-refractivity contribution >= 4 is 9.53 Å². The van der Waals surface area contributed by atoms with Gasteiger partial charge in [0.25, 0.3) is 0 Å². The van der Waals surface area contributed by atoms with Gasteiger partial charge in [0.15, 0.2) is 0 Å². The van der Waals surface area contributed by atoms with Crippen molar-refractivity contribution in [3.05, 3.63) is 0 Å². The molecule has 0 bridgehead atoms. The number of hydrogen-bond donors (Lipinski definition) is 0. The predicted molar refractivity (Wildman–Crippen MR) is 130 cm³/mol. The predicted octanol–water partition coefficient (Wildman–Crippen LogP) is 8.23. The van der Waals surface area contributed by atoms with Gasteiger partial charge in [0.05, 0.1) is 0 Å². The van der Waals surface area contributed by atoms with Gasteiger partial charge in [-0.15, -0.1) is 0 Å². The molecule has 0 aromatic heterocycles. The second-order valence-electron chi connectivity index (χ2n) is 8.63. The van der Waals surface area contributed by atoms with Gasteiger partial charge < -0.3 is 13.3 Å². The molecule has 0 spiro atoms. The molecule has 0 aliphatic rings. The Labute approximate surface area is 185 Å². The zero-order valence-corrected chi connectivity index (χ0v) is 21.5. The molecule has 0 fully saturated rings. The fourth-order valence-electron chi connectivity index (χ4n) is 3.72. The minimum atomic E-state index is -1.88. The summed E-state index contributed by atoms with van der Waals surface area (Å²) in [7, 11) is -0.146. The second kappa shape index (κ2) is 26.1. The van der Waals surface area contributed by atoms with Crippen molar-refractivity contribution in [3.63, 3.8) is 0 Å². The van der Waals surface area contributed by atoms with E-state index in [-0.39, 0.29) is 0 Å². The van der Waals surface area contributed by atoms with Gasteiger partial charge in [-0.25, -0.2) is 0 Å². The van der Waals surface area contributed by atoms with Crippen LogP contribution >= 0.6 is 0 Å². The summed E-state index contributed by atoms with van der Waals surface area (Å²) >= 11 is 0. The van der Waals surface area contributed by atoms with Crippen LogP contribution in [-0.2, 0) is 13.3 Å². The van der Waals surface area contributed by atoms with Gasteiger partial charge in [-0.1, -0.05) is 129 Å². The highest BCUT2D eigenvalue weighted by Crippen LogP contribution is 2.12. The maximum atomic E-state index is 5.85. The summed E-state index contributed by atoms with van der Waals surface area (Å²) in [5.41, 5.74) is 0. The van der Waals surface area contributed by atoms with E-state index in [2.05, 4.69) is 13.8 Å². The van der Waals surface area contributed by atoms with E-state index >= 15 is 0 Å². The van der Waals surface area contributed by atoms with Crippen LogP contribution in [0.3, 0.4) is 0 Å². The van der Waals surface area contributed by atoms with Crippen LogP contribution in [-0.4, -0.2) is 29.9 Å². The smallest absolute Gasteiger partial charge is 0.379 e. The van der Waals surface area contributed by atoms with Gasteiger partial charge in [-0.3, -0.25) is 0 Å². The highest BCUT2D eigenvalue weighted by molar-refractivity contribution is 6.36. The molecular formula is C25H54O3Si. The van der Waals surface area contributed by atoms with Crippen LogP contribution in [0.4, 0.5) is 0 Å². The quantitative estimate of drug-likeness (QED) is 0.108. The molecule has 0 aliphatic heterocycles. The molecule has 4 heteroatoms. The van der Waals surface area contributed by atoms with Crippen molar-refractivity contribution in [2.24, 2.45) is 0 Å². The fourth-order valence-corrected chi connectivity index (χ4v) is 4.81. The summed E-state index contributed by atoms with van der Waals surface area (Å²) in [4.78, 5) is 0. The van der Waals surface area contributed by atoms with Crippen molar-refractivity contribution in [3.8, 4) is 0 Å². The Bertz CT molecular complexity index is 263. The molecule has 0 saturated carbocycles. The van der Waals surface area contributed by atoms with Crippen LogP contribution in [0.2, 0.25) is 0 Å². The van der Waals surface area contributed by atoms with E-state index in [9.17, 15) is 0 Å². The third-order valence-corrected chi connectivity index (χ3v) is 7.10. The van der Waals surface area contributed by atoms with Gasteiger partial charge in [0.1, 0.15) is 0 Å². The fraction of sp³-hybridized carbons (Fsp3) is 1.00. The summed E-state index contributed by atoms with van der Waals surface area (Å²) in [5, 5.41) is 0. The Hall–Kier alpha value is 0.0969. The molecule has 3 nitrogen and oxygen atoms in total. The molecule has 0 amide bonds. The second-order valence-corrected chi connectivity index (χ2v) is 10.3.